The number of halogens is 1. The minimum absolute atomic E-state index is 0.652. The van der Waals surface area contributed by atoms with Gasteiger partial charge < -0.3 is 9.15 Å². The van der Waals surface area contributed by atoms with Crippen LogP contribution in [0.15, 0.2) is 70.1 Å². The van der Waals surface area contributed by atoms with Crippen molar-refractivity contribution in [2.75, 3.05) is 7.11 Å². The van der Waals surface area contributed by atoms with Crippen molar-refractivity contribution in [2.45, 2.75) is 20.8 Å². The summed E-state index contributed by atoms with van der Waals surface area (Å²) in [5, 5.41) is 2.36. The molecule has 0 aliphatic heterocycles. The molecule has 0 unspecified atom stereocenters. The summed E-state index contributed by atoms with van der Waals surface area (Å²) in [7, 11) is 1.66. The predicted octanol–water partition coefficient (Wildman–Crippen LogP) is 6.92. The summed E-state index contributed by atoms with van der Waals surface area (Å²) in [4.78, 5) is 5.03. The molecule has 0 aliphatic rings. The Balaban J connectivity index is 2.00. The van der Waals surface area contributed by atoms with Crippen molar-refractivity contribution in [3.63, 3.8) is 0 Å². The molecule has 29 heavy (non-hydrogen) atoms. The molecule has 0 saturated carbocycles. The molecule has 1 aromatic heterocycles. The third kappa shape index (κ3) is 3.92. The van der Waals surface area contributed by atoms with Crippen molar-refractivity contribution in [3.8, 4) is 17.1 Å². The highest BCUT2D eigenvalue weighted by Gasteiger charge is 2.09. The molecule has 1 heterocycles. The first-order valence-corrected chi connectivity index (χ1v) is 9.83. The van der Waals surface area contributed by atoms with Crippen LogP contribution in [0.2, 0.25) is 5.02 Å². The molecule has 0 saturated heterocycles. The molecule has 4 rings (SSSR count). The minimum atomic E-state index is 0.652. The van der Waals surface area contributed by atoms with E-state index >= 15 is 0 Å². The van der Waals surface area contributed by atoms with Gasteiger partial charge in [-0.15, -0.1) is 0 Å². The van der Waals surface area contributed by atoms with Gasteiger partial charge in [0.25, 0.3) is 0 Å². The maximum atomic E-state index is 6.27. The number of nitrogens with zero attached hydrogens (tertiary/aromatic N) is 1. The van der Waals surface area contributed by atoms with Crippen LogP contribution in [0.3, 0.4) is 0 Å². The van der Waals surface area contributed by atoms with Gasteiger partial charge >= 0.3 is 0 Å². The maximum Gasteiger partial charge on any atom is 0.136 e. The number of hydrogen-bond donors (Lipinski definition) is 0. The first kappa shape index (κ1) is 19.3. The average Bonchev–Trinajstić information content (AvgIpc) is 2.70. The molecule has 0 radical (unpaired) electrons. The lowest BCUT2D eigenvalue weighted by atomic mass is 10.1. The Morgan fingerprint density at radius 1 is 0.862 bits per heavy atom. The van der Waals surface area contributed by atoms with Crippen molar-refractivity contribution in [2.24, 2.45) is 4.99 Å². The summed E-state index contributed by atoms with van der Waals surface area (Å²) in [6.07, 6.45) is 0. The SMILES string of the molecule is COc1ccc(-c2cc(=Nc3c(C)cc(C)cc3C)c3cc(Cl)ccc3o2)cc1. The highest BCUT2D eigenvalue weighted by molar-refractivity contribution is 6.31. The van der Waals surface area contributed by atoms with Crippen molar-refractivity contribution >= 4 is 28.3 Å². The standard InChI is InChI=1S/C25H22ClNO2/c1-15-11-16(2)25(17(3)12-15)27-22-14-24(18-5-8-20(28-4)9-6-18)29-23-10-7-19(26)13-21(22)23/h5-14H,1-4H3. The first-order chi connectivity index (χ1) is 13.9. The second kappa shape index (κ2) is 7.76. The van der Waals surface area contributed by atoms with Gasteiger partial charge in [-0.05, 0) is 74.4 Å². The zero-order valence-corrected chi connectivity index (χ0v) is 17.7. The van der Waals surface area contributed by atoms with E-state index in [1.54, 1.807) is 7.11 Å². The fraction of sp³-hybridized carbons (Fsp3) is 0.160. The van der Waals surface area contributed by atoms with Crippen LogP contribution < -0.4 is 10.1 Å². The van der Waals surface area contributed by atoms with Crippen LogP contribution in [-0.2, 0) is 0 Å². The van der Waals surface area contributed by atoms with E-state index in [4.69, 9.17) is 25.7 Å². The normalized spacial score (nSPS) is 11.8. The summed E-state index contributed by atoms with van der Waals surface area (Å²) >= 11 is 6.27. The van der Waals surface area contributed by atoms with Gasteiger partial charge in [0.15, 0.2) is 0 Å². The summed E-state index contributed by atoms with van der Waals surface area (Å²) in [5.41, 5.74) is 6.19. The van der Waals surface area contributed by atoms with Crippen LogP contribution in [0.4, 0.5) is 5.69 Å². The van der Waals surface area contributed by atoms with Gasteiger partial charge in [0.2, 0.25) is 0 Å². The Morgan fingerprint density at radius 2 is 1.55 bits per heavy atom. The van der Waals surface area contributed by atoms with Crippen molar-refractivity contribution in [1.29, 1.82) is 0 Å². The summed E-state index contributed by atoms with van der Waals surface area (Å²) < 4.78 is 11.4. The van der Waals surface area contributed by atoms with Crippen LogP contribution in [0, 0.1) is 20.8 Å². The first-order valence-electron chi connectivity index (χ1n) is 9.45. The van der Waals surface area contributed by atoms with Crippen LogP contribution in [0.1, 0.15) is 16.7 Å². The molecule has 4 aromatic rings. The Labute approximate surface area is 175 Å². The molecule has 0 spiro atoms. The van der Waals surface area contributed by atoms with Gasteiger partial charge in [-0.1, -0.05) is 29.3 Å². The second-order valence-electron chi connectivity index (χ2n) is 7.22. The lowest BCUT2D eigenvalue weighted by Gasteiger charge is -2.09. The third-order valence-electron chi connectivity index (χ3n) is 4.95. The van der Waals surface area contributed by atoms with Crippen molar-refractivity contribution in [3.05, 3.63) is 87.7 Å². The molecule has 0 N–H and O–H groups in total. The number of rotatable bonds is 3. The third-order valence-corrected chi connectivity index (χ3v) is 5.18. The van der Waals surface area contributed by atoms with Gasteiger partial charge in [-0.25, -0.2) is 4.99 Å². The monoisotopic (exact) mass is 403 g/mol. The minimum Gasteiger partial charge on any atom is -0.497 e. The van der Waals surface area contributed by atoms with Crippen LogP contribution >= 0.6 is 11.6 Å². The number of fused-ring (bicyclic) bond motifs is 1. The molecular weight excluding hydrogens is 382 g/mol. The Hall–Kier alpha value is -3.04. The number of aryl methyl sites for hydroxylation is 3. The molecule has 0 bridgehead atoms. The molecule has 3 nitrogen and oxygen atoms in total. The Kier molecular flexibility index (Phi) is 5.16. The Bertz CT molecular complexity index is 1250. The fourth-order valence-corrected chi connectivity index (χ4v) is 3.77. The van der Waals surface area contributed by atoms with E-state index in [2.05, 4.69) is 32.9 Å². The molecule has 3 aromatic carbocycles. The fourth-order valence-electron chi connectivity index (χ4n) is 3.60. The van der Waals surface area contributed by atoms with Crippen molar-refractivity contribution in [1.82, 2.24) is 0 Å². The second-order valence-corrected chi connectivity index (χ2v) is 7.66. The van der Waals surface area contributed by atoms with E-state index in [1.807, 2.05) is 48.5 Å². The largest absolute Gasteiger partial charge is 0.497 e. The van der Waals surface area contributed by atoms with E-state index in [1.165, 1.54) is 5.56 Å². The summed E-state index contributed by atoms with van der Waals surface area (Å²) in [5.74, 6) is 1.54. The average molecular weight is 404 g/mol. The smallest absolute Gasteiger partial charge is 0.136 e. The van der Waals surface area contributed by atoms with E-state index in [0.29, 0.717) is 5.02 Å². The molecule has 0 aliphatic carbocycles. The van der Waals surface area contributed by atoms with Crippen LogP contribution in [-0.4, -0.2) is 7.11 Å². The van der Waals surface area contributed by atoms with Gasteiger partial charge in [0.05, 0.1) is 18.2 Å². The van der Waals surface area contributed by atoms with Crippen molar-refractivity contribution < 1.29 is 9.15 Å². The van der Waals surface area contributed by atoms with E-state index < -0.39 is 0 Å². The molecule has 0 fully saturated rings. The number of methoxy groups -OCH3 is 1. The summed E-state index contributed by atoms with van der Waals surface area (Å²) in [6.45, 7) is 6.28. The molecule has 4 heteroatoms. The van der Waals surface area contributed by atoms with Gasteiger partial charge in [0, 0.05) is 22.0 Å². The highest BCUT2D eigenvalue weighted by Crippen LogP contribution is 2.28. The van der Waals surface area contributed by atoms with E-state index in [-0.39, 0.29) is 0 Å². The molecule has 146 valence electrons. The van der Waals surface area contributed by atoms with Crippen LogP contribution in [0.25, 0.3) is 22.3 Å². The van der Waals surface area contributed by atoms with Crippen LogP contribution in [0.5, 0.6) is 5.75 Å². The quantitative estimate of drug-likeness (QED) is 0.372. The number of hydrogen-bond acceptors (Lipinski definition) is 3. The molecular formula is C25H22ClNO2. The predicted molar refractivity (Wildman–Crippen MR) is 119 cm³/mol. The zero-order chi connectivity index (χ0) is 20.5. The topological polar surface area (TPSA) is 34.7 Å². The number of ether oxygens (including phenoxy) is 1. The zero-order valence-electron chi connectivity index (χ0n) is 16.9. The Morgan fingerprint density at radius 3 is 2.21 bits per heavy atom. The van der Waals surface area contributed by atoms with Gasteiger partial charge in [-0.3, -0.25) is 0 Å². The van der Waals surface area contributed by atoms with Gasteiger partial charge in [0.1, 0.15) is 17.1 Å². The highest BCUT2D eigenvalue weighted by atomic mass is 35.5. The molecule has 0 atom stereocenters. The van der Waals surface area contributed by atoms with Gasteiger partial charge in [-0.2, -0.15) is 0 Å². The lowest BCUT2D eigenvalue weighted by molar-refractivity contribution is 0.415. The summed E-state index contributed by atoms with van der Waals surface area (Å²) in [6, 6.07) is 19.7. The van der Waals surface area contributed by atoms with E-state index in [9.17, 15) is 0 Å². The molecule has 0 amide bonds. The number of benzene rings is 3. The van der Waals surface area contributed by atoms with E-state index in [0.717, 1.165) is 50.2 Å². The maximum absolute atomic E-state index is 6.27. The lowest BCUT2D eigenvalue weighted by Crippen LogP contribution is -2.04.